The Balaban J connectivity index is 2.72. The normalized spacial score (nSPS) is 13.2. The highest BCUT2D eigenvalue weighted by atomic mass is 35.5. The monoisotopic (exact) mass is 298 g/mol. The fourth-order valence-corrected chi connectivity index (χ4v) is 1.84. The molecule has 0 radical (unpaired) electrons. The fourth-order valence-electron chi connectivity index (χ4n) is 1.66. The molecule has 5 nitrogen and oxygen atoms in total. The minimum atomic E-state index is -0.688. The number of amides is 2. The quantitative estimate of drug-likeness (QED) is 0.821. The van der Waals surface area contributed by atoms with E-state index in [0.29, 0.717) is 10.7 Å². The molecule has 0 bridgehead atoms. The van der Waals surface area contributed by atoms with Crippen molar-refractivity contribution in [1.82, 2.24) is 5.32 Å². The fraction of sp³-hybridized carbons (Fsp3) is 0.429. The van der Waals surface area contributed by atoms with Crippen molar-refractivity contribution >= 4 is 29.3 Å². The van der Waals surface area contributed by atoms with E-state index in [1.54, 1.807) is 24.3 Å². The standard InChI is InChI=1S/C14H19ClN2O3/c1-4-9(2)12(13(18)20-3)17-14(19)16-11-8-6-5-7-10(11)15/h5-9,12H,4H2,1-3H3,(H2,16,17,19)/t9?,12-/m0/s1. The van der Waals surface area contributed by atoms with Crippen molar-refractivity contribution in [1.29, 1.82) is 0 Å². The number of halogens is 1. The molecular formula is C14H19ClN2O3. The smallest absolute Gasteiger partial charge is 0.328 e. The second-order valence-electron chi connectivity index (χ2n) is 4.46. The first-order valence-corrected chi connectivity index (χ1v) is 6.77. The lowest BCUT2D eigenvalue weighted by atomic mass is 9.99. The summed E-state index contributed by atoms with van der Waals surface area (Å²) in [6, 6.07) is 5.69. The van der Waals surface area contributed by atoms with Gasteiger partial charge in [0.15, 0.2) is 0 Å². The molecule has 2 atom stereocenters. The first kappa shape index (κ1) is 16.3. The Hall–Kier alpha value is -1.75. The molecule has 0 aliphatic carbocycles. The molecule has 1 aromatic carbocycles. The molecule has 2 N–H and O–H groups in total. The van der Waals surface area contributed by atoms with E-state index in [2.05, 4.69) is 10.6 Å². The Kier molecular flexibility index (Phi) is 6.31. The van der Waals surface area contributed by atoms with Crippen LogP contribution in [-0.4, -0.2) is 25.2 Å². The molecule has 0 aromatic heterocycles. The molecule has 110 valence electrons. The van der Waals surface area contributed by atoms with E-state index < -0.39 is 18.0 Å². The zero-order valence-electron chi connectivity index (χ0n) is 11.8. The van der Waals surface area contributed by atoms with E-state index in [4.69, 9.17) is 16.3 Å². The number of urea groups is 1. The third-order valence-electron chi connectivity index (χ3n) is 3.08. The first-order valence-electron chi connectivity index (χ1n) is 6.39. The van der Waals surface area contributed by atoms with Crippen LogP contribution in [0.5, 0.6) is 0 Å². The van der Waals surface area contributed by atoms with Crippen molar-refractivity contribution in [3.05, 3.63) is 29.3 Å². The minimum absolute atomic E-state index is 0.0283. The van der Waals surface area contributed by atoms with Gasteiger partial charge in [-0.1, -0.05) is 44.0 Å². The maximum atomic E-state index is 11.9. The van der Waals surface area contributed by atoms with Crippen molar-refractivity contribution < 1.29 is 14.3 Å². The van der Waals surface area contributed by atoms with Crippen molar-refractivity contribution in [2.24, 2.45) is 5.92 Å². The van der Waals surface area contributed by atoms with E-state index >= 15 is 0 Å². The molecule has 1 unspecified atom stereocenters. The maximum absolute atomic E-state index is 11.9. The summed E-state index contributed by atoms with van der Waals surface area (Å²) in [4.78, 5) is 23.6. The molecule has 0 saturated heterocycles. The van der Waals surface area contributed by atoms with Gasteiger partial charge in [0.05, 0.1) is 17.8 Å². The number of rotatable bonds is 5. The second kappa shape index (κ2) is 7.75. The minimum Gasteiger partial charge on any atom is -0.467 e. The second-order valence-corrected chi connectivity index (χ2v) is 4.87. The Morgan fingerprint density at radius 1 is 1.35 bits per heavy atom. The molecule has 1 rings (SSSR count). The lowest BCUT2D eigenvalue weighted by Crippen LogP contribution is -2.47. The van der Waals surface area contributed by atoms with Crippen LogP contribution >= 0.6 is 11.6 Å². The molecule has 0 heterocycles. The van der Waals surface area contributed by atoms with Gasteiger partial charge < -0.3 is 15.4 Å². The topological polar surface area (TPSA) is 67.4 Å². The van der Waals surface area contributed by atoms with Crippen LogP contribution in [0, 0.1) is 5.92 Å². The molecule has 0 aliphatic heterocycles. The van der Waals surface area contributed by atoms with Crippen molar-refractivity contribution in [3.8, 4) is 0 Å². The maximum Gasteiger partial charge on any atom is 0.328 e. The lowest BCUT2D eigenvalue weighted by molar-refractivity contribution is -0.144. The van der Waals surface area contributed by atoms with Crippen LogP contribution in [0.4, 0.5) is 10.5 Å². The summed E-state index contributed by atoms with van der Waals surface area (Å²) < 4.78 is 4.70. The van der Waals surface area contributed by atoms with Crippen molar-refractivity contribution in [2.45, 2.75) is 26.3 Å². The van der Waals surface area contributed by atoms with Crippen LogP contribution in [0.2, 0.25) is 5.02 Å². The van der Waals surface area contributed by atoms with Crippen LogP contribution in [0.15, 0.2) is 24.3 Å². The van der Waals surface area contributed by atoms with E-state index in [1.165, 1.54) is 7.11 Å². The molecule has 1 aromatic rings. The molecule has 2 amide bonds. The third-order valence-corrected chi connectivity index (χ3v) is 3.41. The first-order chi connectivity index (χ1) is 9.49. The van der Waals surface area contributed by atoms with Gasteiger partial charge in [-0.3, -0.25) is 0 Å². The molecule has 6 heteroatoms. The summed E-state index contributed by atoms with van der Waals surface area (Å²) in [5.74, 6) is -0.492. The van der Waals surface area contributed by atoms with E-state index in [-0.39, 0.29) is 5.92 Å². The molecule has 0 saturated carbocycles. The number of benzene rings is 1. The summed E-state index contributed by atoms with van der Waals surface area (Å²) >= 11 is 5.95. The van der Waals surface area contributed by atoms with Crippen LogP contribution in [0.25, 0.3) is 0 Å². The highest BCUT2D eigenvalue weighted by Crippen LogP contribution is 2.20. The number of hydrogen-bond donors (Lipinski definition) is 2. The van der Waals surface area contributed by atoms with Gasteiger partial charge in [0, 0.05) is 0 Å². The average molecular weight is 299 g/mol. The summed E-state index contributed by atoms with van der Waals surface area (Å²) in [5.41, 5.74) is 0.486. The van der Waals surface area contributed by atoms with E-state index in [1.807, 2.05) is 13.8 Å². The van der Waals surface area contributed by atoms with Crippen LogP contribution in [0.1, 0.15) is 20.3 Å². The van der Waals surface area contributed by atoms with E-state index in [9.17, 15) is 9.59 Å². The summed E-state index contributed by atoms with van der Waals surface area (Å²) in [6.07, 6.45) is 0.742. The van der Waals surface area contributed by atoms with Crippen LogP contribution in [-0.2, 0) is 9.53 Å². The summed E-state index contributed by atoms with van der Waals surface area (Å²) in [6.45, 7) is 3.81. The van der Waals surface area contributed by atoms with Gasteiger partial charge in [-0.15, -0.1) is 0 Å². The number of anilines is 1. The number of carbonyl (C=O) groups excluding carboxylic acids is 2. The predicted octanol–water partition coefficient (Wildman–Crippen LogP) is 3.05. The Morgan fingerprint density at radius 3 is 2.55 bits per heavy atom. The SMILES string of the molecule is CCC(C)[C@H](NC(=O)Nc1ccccc1Cl)C(=O)OC. The number of nitrogens with one attached hydrogen (secondary N) is 2. The third kappa shape index (κ3) is 4.42. The number of ether oxygens (including phenoxy) is 1. The van der Waals surface area contributed by atoms with Crippen molar-refractivity contribution in [2.75, 3.05) is 12.4 Å². The Morgan fingerprint density at radius 2 is 2.00 bits per heavy atom. The zero-order valence-corrected chi connectivity index (χ0v) is 12.5. The van der Waals surface area contributed by atoms with Crippen LogP contribution in [0.3, 0.4) is 0 Å². The van der Waals surface area contributed by atoms with Crippen molar-refractivity contribution in [3.63, 3.8) is 0 Å². The van der Waals surface area contributed by atoms with Crippen LogP contribution < -0.4 is 10.6 Å². The lowest BCUT2D eigenvalue weighted by Gasteiger charge is -2.22. The number of carbonyl (C=O) groups is 2. The molecule has 0 aliphatic rings. The van der Waals surface area contributed by atoms with Gasteiger partial charge >= 0.3 is 12.0 Å². The highest BCUT2D eigenvalue weighted by molar-refractivity contribution is 6.33. The van der Waals surface area contributed by atoms with Gasteiger partial charge in [0.2, 0.25) is 0 Å². The number of methoxy groups -OCH3 is 1. The molecule has 20 heavy (non-hydrogen) atoms. The van der Waals surface area contributed by atoms with Gasteiger partial charge in [-0.2, -0.15) is 0 Å². The highest BCUT2D eigenvalue weighted by Gasteiger charge is 2.26. The van der Waals surface area contributed by atoms with Gasteiger partial charge in [-0.25, -0.2) is 9.59 Å². The largest absolute Gasteiger partial charge is 0.467 e. The van der Waals surface area contributed by atoms with Gasteiger partial charge in [0.1, 0.15) is 6.04 Å². The van der Waals surface area contributed by atoms with E-state index in [0.717, 1.165) is 6.42 Å². The zero-order chi connectivity index (χ0) is 15.1. The Bertz CT molecular complexity index is 479. The van der Waals surface area contributed by atoms with Gasteiger partial charge in [-0.05, 0) is 18.1 Å². The molecular weight excluding hydrogens is 280 g/mol. The number of esters is 1. The average Bonchev–Trinajstić information content (AvgIpc) is 2.45. The predicted molar refractivity (Wildman–Crippen MR) is 78.9 cm³/mol. The summed E-state index contributed by atoms with van der Waals surface area (Å²) in [7, 11) is 1.30. The summed E-state index contributed by atoms with van der Waals surface area (Å²) in [5, 5.41) is 5.65. The van der Waals surface area contributed by atoms with Gasteiger partial charge in [0.25, 0.3) is 0 Å². The number of para-hydroxylation sites is 1. The number of hydrogen-bond acceptors (Lipinski definition) is 3. The molecule has 0 fully saturated rings. The molecule has 0 spiro atoms. The Labute approximate surface area is 123 Å².